The summed E-state index contributed by atoms with van der Waals surface area (Å²) in [7, 11) is 1.75. The Hall–Kier alpha value is -1.56. The second kappa shape index (κ2) is 3.57. The summed E-state index contributed by atoms with van der Waals surface area (Å²) in [5, 5.41) is 8.46. The average Bonchev–Trinajstić information content (AvgIpc) is 2.06. The van der Waals surface area contributed by atoms with E-state index in [2.05, 4.69) is 4.98 Å². The van der Waals surface area contributed by atoms with Gasteiger partial charge in [-0.15, -0.1) is 0 Å². The summed E-state index contributed by atoms with van der Waals surface area (Å²) in [6, 6.07) is 3.79. The molecule has 1 aromatic heterocycles. The molecule has 0 spiro atoms. The molecule has 0 bridgehead atoms. The van der Waals surface area contributed by atoms with Crippen molar-refractivity contribution in [1.82, 2.24) is 9.88 Å². The number of aromatic nitrogens is 1. The highest BCUT2D eigenvalue weighted by Gasteiger charge is 1.94. The molecule has 0 atom stereocenters. The third-order valence-corrected chi connectivity index (χ3v) is 1.34. The predicted octanol–water partition coefficient (Wildman–Crippen LogP) is 0.994. The lowest BCUT2D eigenvalue weighted by atomic mass is 10.3. The van der Waals surface area contributed by atoms with E-state index in [0.717, 1.165) is 5.56 Å². The Labute approximate surface area is 65.9 Å². The van der Waals surface area contributed by atoms with Crippen molar-refractivity contribution in [1.29, 1.82) is 5.26 Å². The van der Waals surface area contributed by atoms with E-state index in [9.17, 15) is 0 Å². The largest absolute Gasteiger partial charge is 0.309 e. The second-order valence-corrected chi connectivity index (χ2v) is 2.31. The van der Waals surface area contributed by atoms with E-state index in [1.165, 1.54) is 0 Å². The van der Waals surface area contributed by atoms with Crippen LogP contribution in [0.2, 0.25) is 0 Å². The fourth-order valence-corrected chi connectivity index (χ4v) is 0.797. The maximum Gasteiger partial charge on any atom is 0.179 e. The predicted molar refractivity (Wildman–Crippen MR) is 41.3 cm³/mol. The van der Waals surface area contributed by atoms with Gasteiger partial charge in [0.15, 0.2) is 6.19 Å². The Morgan fingerprint density at radius 2 is 2.18 bits per heavy atom. The Kier molecular flexibility index (Phi) is 2.45. The lowest BCUT2D eigenvalue weighted by Gasteiger charge is -2.06. The molecule has 1 heterocycles. The van der Waals surface area contributed by atoms with Crippen molar-refractivity contribution in [3.63, 3.8) is 0 Å². The van der Waals surface area contributed by atoms with Crippen molar-refractivity contribution in [2.45, 2.75) is 6.54 Å². The van der Waals surface area contributed by atoms with Gasteiger partial charge in [-0.2, -0.15) is 5.26 Å². The van der Waals surface area contributed by atoms with Crippen molar-refractivity contribution in [2.24, 2.45) is 0 Å². The molecule has 0 aliphatic heterocycles. The summed E-state index contributed by atoms with van der Waals surface area (Å²) >= 11 is 0. The van der Waals surface area contributed by atoms with Gasteiger partial charge in [-0.3, -0.25) is 4.98 Å². The number of rotatable bonds is 2. The standard InChI is InChI=1S/C8H9N3/c1-11(7-9)6-8-2-4-10-5-3-8/h2-5H,6H2,1H3. The molecule has 0 aliphatic carbocycles. The van der Waals surface area contributed by atoms with Gasteiger partial charge in [0.05, 0.1) is 6.54 Å². The van der Waals surface area contributed by atoms with Gasteiger partial charge in [-0.25, -0.2) is 0 Å². The smallest absolute Gasteiger partial charge is 0.179 e. The summed E-state index contributed by atoms with van der Waals surface area (Å²) in [6.45, 7) is 0.652. The molecule has 0 radical (unpaired) electrons. The third kappa shape index (κ3) is 2.26. The highest BCUT2D eigenvalue weighted by Crippen LogP contribution is 1.98. The van der Waals surface area contributed by atoms with Crippen LogP contribution in [0.3, 0.4) is 0 Å². The topological polar surface area (TPSA) is 39.9 Å². The van der Waals surface area contributed by atoms with Crippen LogP contribution in [0.1, 0.15) is 5.56 Å². The van der Waals surface area contributed by atoms with Crippen LogP contribution in [0, 0.1) is 11.5 Å². The van der Waals surface area contributed by atoms with E-state index in [0.29, 0.717) is 6.54 Å². The molecule has 0 aromatic carbocycles. The number of hydrogen-bond acceptors (Lipinski definition) is 3. The first-order valence-corrected chi connectivity index (χ1v) is 3.32. The van der Waals surface area contributed by atoms with Gasteiger partial charge in [0, 0.05) is 19.4 Å². The van der Waals surface area contributed by atoms with Crippen molar-refractivity contribution in [2.75, 3.05) is 7.05 Å². The molecular formula is C8H9N3. The van der Waals surface area contributed by atoms with Gasteiger partial charge in [0.25, 0.3) is 0 Å². The van der Waals surface area contributed by atoms with Gasteiger partial charge >= 0.3 is 0 Å². The highest BCUT2D eigenvalue weighted by molar-refractivity contribution is 5.09. The molecule has 0 saturated carbocycles. The Morgan fingerprint density at radius 1 is 1.55 bits per heavy atom. The van der Waals surface area contributed by atoms with Gasteiger partial charge in [0.1, 0.15) is 0 Å². The molecule has 0 fully saturated rings. The quantitative estimate of drug-likeness (QED) is 0.462. The molecule has 3 nitrogen and oxygen atoms in total. The van der Waals surface area contributed by atoms with Gasteiger partial charge in [-0.05, 0) is 17.7 Å². The first-order chi connectivity index (χ1) is 5.33. The van der Waals surface area contributed by atoms with E-state index in [4.69, 9.17) is 5.26 Å². The SMILES string of the molecule is CN(C#N)Cc1ccncc1. The minimum atomic E-state index is 0.652. The molecule has 56 valence electrons. The van der Waals surface area contributed by atoms with E-state index in [1.807, 2.05) is 18.3 Å². The lowest BCUT2D eigenvalue weighted by molar-refractivity contribution is 0.469. The monoisotopic (exact) mass is 147 g/mol. The van der Waals surface area contributed by atoms with Crippen LogP contribution in [0.5, 0.6) is 0 Å². The van der Waals surface area contributed by atoms with Crippen LogP contribution in [-0.2, 0) is 6.54 Å². The van der Waals surface area contributed by atoms with Crippen molar-refractivity contribution < 1.29 is 0 Å². The van der Waals surface area contributed by atoms with Gasteiger partial charge < -0.3 is 4.90 Å². The van der Waals surface area contributed by atoms with Crippen LogP contribution in [0.4, 0.5) is 0 Å². The van der Waals surface area contributed by atoms with Crippen LogP contribution >= 0.6 is 0 Å². The Balaban J connectivity index is 2.60. The Morgan fingerprint density at radius 3 is 2.73 bits per heavy atom. The Bertz CT molecular complexity index is 250. The summed E-state index contributed by atoms with van der Waals surface area (Å²) in [5.41, 5.74) is 1.10. The summed E-state index contributed by atoms with van der Waals surface area (Å²) < 4.78 is 0. The number of nitrogens with zero attached hydrogens (tertiary/aromatic N) is 3. The van der Waals surface area contributed by atoms with Gasteiger partial charge in [-0.1, -0.05) is 0 Å². The zero-order chi connectivity index (χ0) is 8.10. The first-order valence-electron chi connectivity index (χ1n) is 3.32. The minimum Gasteiger partial charge on any atom is -0.309 e. The molecule has 3 heteroatoms. The van der Waals surface area contributed by atoms with Crippen molar-refractivity contribution >= 4 is 0 Å². The fraction of sp³-hybridized carbons (Fsp3) is 0.250. The highest BCUT2D eigenvalue weighted by atomic mass is 15.1. The van der Waals surface area contributed by atoms with E-state index < -0.39 is 0 Å². The number of pyridine rings is 1. The minimum absolute atomic E-state index is 0.652. The second-order valence-electron chi connectivity index (χ2n) is 2.31. The van der Waals surface area contributed by atoms with Crippen molar-refractivity contribution in [3.05, 3.63) is 30.1 Å². The zero-order valence-electron chi connectivity index (χ0n) is 6.36. The van der Waals surface area contributed by atoms with Crippen LogP contribution < -0.4 is 0 Å². The van der Waals surface area contributed by atoms with E-state index in [-0.39, 0.29) is 0 Å². The van der Waals surface area contributed by atoms with E-state index in [1.54, 1.807) is 24.3 Å². The molecule has 0 unspecified atom stereocenters. The van der Waals surface area contributed by atoms with Crippen molar-refractivity contribution in [3.8, 4) is 6.19 Å². The number of nitriles is 1. The summed E-state index contributed by atoms with van der Waals surface area (Å²) in [6.07, 6.45) is 5.47. The zero-order valence-corrected chi connectivity index (χ0v) is 6.36. The van der Waals surface area contributed by atoms with E-state index >= 15 is 0 Å². The molecule has 0 aliphatic rings. The molecule has 0 N–H and O–H groups in total. The van der Waals surface area contributed by atoms with Crippen LogP contribution in [0.15, 0.2) is 24.5 Å². The molecule has 0 amide bonds. The third-order valence-electron chi connectivity index (χ3n) is 1.34. The maximum absolute atomic E-state index is 8.46. The maximum atomic E-state index is 8.46. The molecule has 0 saturated heterocycles. The van der Waals surface area contributed by atoms with Crippen LogP contribution in [0.25, 0.3) is 0 Å². The molecular weight excluding hydrogens is 138 g/mol. The molecule has 1 rings (SSSR count). The summed E-state index contributed by atoms with van der Waals surface area (Å²) in [5.74, 6) is 0. The first kappa shape index (κ1) is 7.55. The summed E-state index contributed by atoms with van der Waals surface area (Å²) in [4.78, 5) is 5.44. The molecule has 1 aromatic rings. The van der Waals surface area contributed by atoms with Gasteiger partial charge in [0.2, 0.25) is 0 Å². The van der Waals surface area contributed by atoms with Crippen LogP contribution in [-0.4, -0.2) is 16.9 Å². The lowest BCUT2D eigenvalue weighted by Crippen LogP contribution is -2.09. The fourth-order valence-electron chi connectivity index (χ4n) is 0.797. The normalized spacial score (nSPS) is 8.73. The molecule has 11 heavy (non-hydrogen) atoms. The number of hydrogen-bond donors (Lipinski definition) is 0. The average molecular weight is 147 g/mol.